The molecule has 0 aliphatic carbocycles. The highest BCUT2D eigenvalue weighted by Crippen LogP contribution is 2.23. The number of methoxy groups -OCH3 is 2. The number of carbonyl (C=O) groups excluding carboxylic acids is 1. The fourth-order valence-electron chi connectivity index (χ4n) is 3.43. The maximum atomic E-state index is 12.9. The maximum absolute atomic E-state index is 12.9. The monoisotopic (exact) mass is 445 g/mol. The van der Waals surface area contributed by atoms with Crippen molar-refractivity contribution in [3.8, 4) is 17.2 Å². The highest BCUT2D eigenvalue weighted by atomic mass is 16.5. The first kappa shape index (κ1) is 21.8. The zero-order valence-electron chi connectivity index (χ0n) is 18.5. The highest BCUT2D eigenvalue weighted by Gasteiger charge is 2.17. The van der Waals surface area contributed by atoms with E-state index >= 15 is 0 Å². The lowest BCUT2D eigenvalue weighted by atomic mass is 10.2. The van der Waals surface area contributed by atoms with Gasteiger partial charge in [-0.25, -0.2) is 4.98 Å². The largest absolute Gasteiger partial charge is 0.497 e. The standard InChI is InChI=1S/C24H23N5O4/c1-25-23(31)20-14-29(16-7-5-4-6-8-16)22-19(21(20)30)13-27-24(28-22)26-12-15-9-17(32-2)11-18(10-15)33-3/h4-11,13-14H,12H2,1-3H3,(H,25,31)(H,26,27,28). The zero-order chi connectivity index (χ0) is 23.4. The number of aromatic nitrogens is 3. The van der Waals surface area contributed by atoms with Crippen molar-refractivity contribution in [2.24, 2.45) is 0 Å². The molecule has 0 saturated heterocycles. The number of rotatable bonds is 7. The Bertz CT molecular complexity index is 1350. The predicted molar refractivity (Wildman–Crippen MR) is 125 cm³/mol. The number of ether oxygens (including phenoxy) is 2. The number of anilines is 1. The summed E-state index contributed by atoms with van der Waals surface area (Å²) in [6, 6.07) is 14.9. The Labute approximate surface area is 190 Å². The fraction of sp³-hybridized carbons (Fsp3) is 0.167. The van der Waals surface area contributed by atoms with Gasteiger partial charge >= 0.3 is 0 Å². The lowest BCUT2D eigenvalue weighted by Gasteiger charge is -2.14. The smallest absolute Gasteiger partial charge is 0.256 e. The third-order valence-corrected chi connectivity index (χ3v) is 5.11. The van der Waals surface area contributed by atoms with E-state index in [9.17, 15) is 9.59 Å². The Morgan fingerprint density at radius 1 is 1.06 bits per heavy atom. The molecule has 4 rings (SSSR count). The van der Waals surface area contributed by atoms with Gasteiger partial charge in [0.05, 0.1) is 19.6 Å². The van der Waals surface area contributed by atoms with E-state index in [1.807, 2.05) is 42.5 Å². The first-order chi connectivity index (χ1) is 16.0. The van der Waals surface area contributed by atoms with E-state index < -0.39 is 11.3 Å². The summed E-state index contributed by atoms with van der Waals surface area (Å²) in [5.74, 6) is 1.21. The van der Waals surface area contributed by atoms with Gasteiger partial charge in [0, 0.05) is 37.7 Å². The molecule has 0 atom stereocenters. The molecule has 168 valence electrons. The molecule has 2 aromatic carbocycles. The molecule has 2 aromatic heterocycles. The lowest BCUT2D eigenvalue weighted by molar-refractivity contribution is 0.0961. The van der Waals surface area contributed by atoms with Gasteiger partial charge in [-0.05, 0) is 29.8 Å². The van der Waals surface area contributed by atoms with Crippen LogP contribution in [0.25, 0.3) is 16.7 Å². The molecule has 4 aromatic rings. The molecule has 0 aliphatic rings. The summed E-state index contributed by atoms with van der Waals surface area (Å²) in [5, 5.41) is 5.93. The topological polar surface area (TPSA) is 107 Å². The minimum Gasteiger partial charge on any atom is -0.497 e. The Kier molecular flexibility index (Phi) is 6.21. The maximum Gasteiger partial charge on any atom is 0.256 e. The van der Waals surface area contributed by atoms with Crippen molar-refractivity contribution < 1.29 is 14.3 Å². The molecule has 2 N–H and O–H groups in total. The van der Waals surface area contributed by atoms with Gasteiger partial charge in [-0.1, -0.05) is 18.2 Å². The number of nitrogens with one attached hydrogen (secondary N) is 2. The van der Waals surface area contributed by atoms with Crippen molar-refractivity contribution in [3.05, 3.63) is 82.3 Å². The van der Waals surface area contributed by atoms with E-state index in [0.29, 0.717) is 29.6 Å². The van der Waals surface area contributed by atoms with Gasteiger partial charge in [-0.15, -0.1) is 0 Å². The molecular weight excluding hydrogens is 422 g/mol. The summed E-state index contributed by atoms with van der Waals surface area (Å²) in [6.07, 6.45) is 2.94. The molecule has 0 bridgehead atoms. The summed E-state index contributed by atoms with van der Waals surface area (Å²) < 4.78 is 12.3. The number of hydrogen-bond donors (Lipinski definition) is 2. The van der Waals surface area contributed by atoms with Crippen LogP contribution >= 0.6 is 0 Å². The van der Waals surface area contributed by atoms with E-state index in [-0.39, 0.29) is 10.9 Å². The van der Waals surface area contributed by atoms with Crippen molar-refractivity contribution in [3.63, 3.8) is 0 Å². The summed E-state index contributed by atoms with van der Waals surface area (Å²) in [7, 11) is 4.67. The van der Waals surface area contributed by atoms with Crippen molar-refractivity contribution in [1.29, 1.82) is 0 Å². The zero-order valence-corrected chi connectivity index (χ0v) is 18.5. The molecule has 0 fully saturated rings. The Morgan fingerprint density at radius 3 is 2.39 bits per heavy atom. The van der Waals surface area contributed by atoms with E-state index in [1.165, 1.54) is 19.4 Å². The van der Waals surface area contributed by atoms with Crippen LogP contribution in [0.2, 0.25) is 0 Å². The van der Waals surface area contributed by atoms with E-state index in [4.69, 9.17) is 9.47 Å². The minimum atomic E-state index is -0.472. The lowest BCUT2D eigenvalue weighted by Crippen LogP contribution is -2.27. The van der Waals surface area contributed by atoms with Gasteiger partial charge in [0.1, 0.15) is 17.1 Å². The van der Waals surface area contributed by atoms with Crippen molar-refractivity contribution in [1.82, 2.24) is 19.9 Å². The summed E-state index contributed by atoms with van der Waals surface area (Å²) in [6.45, 7) is 0.408. The van der Waals surface area contributed by atoms with Crippen LogP contribution in [0.3, 0.4) is 0 Å². The molecule has 2 heterocycles. The molecule has 0 unspecified atom stereocenters. The number of carbonyl (C=O) groups is 1. The number of amides is 1. The van der Waals surface area contributed by atoms with Crippen molar-refractivity contribution in [2.45, 2.75) is 6.54 Å². The SMILES string of the molecule is CNC(=O)c1cn(-c2ccccc2)c2nc(NCc3cc(OC)cc(OC)c3)ncc2c1=O. The molecule has 0 spiro atoms. The molecule has 9 nitrogen and oxygen atoms in total. The van der Waals surface area contributed by atoms with E-state index in [0.717, 1.165) is 11.3 Å². The third kappa shape index (κ3) is 4.47. The summed E-state index contributed by atoms with van der Waals surface area (Å²) in [4.78, 5) is 34.1. The molecule has 0 saturated carbocycles. The second kappa shape index (κ2) is 9.39. The van der Waals surface area contributed by atoms with Gasteiger partial charge in [0.25, 0.3) is 5.91 Å². The summed E-state index contributed by atoms with van der Waals surface area (Å²) in [5.41, 5.74) is 1.64. The van der Waals surface area contributed by atoms with Crippen LogP contribution in [0.15, 0.2) is 65.7 Å². The fourth-order valence-corrected chi connectivity index (χ4v) is 3.43. The molecule has 1 amide bonds. The van der Waals surface area contributed by atoms with Gasteiger partial charge < -0.3 is 24.7 Å². The molecule has 9 heteroatoms. The van der Waals surface area contributed by atoms with E-state index in [2.05, 4.69) is 20.6 Å². The first-order valence-corrected chi connectivity index (χ1v) is 10.2. The average Bonchev–Trinajstić information content (AvgIpc) is 2.87. The van der Waals surface area contributed by atoms with Crippen LogP contribution in [0, 0.1) is 0 Å². The third-order valence-electron chi connectivity index (χ3n) is 5.11. The number of hydrogen-bond acceptors (Lipinski definition) is 7. The van der Waals surface area contributed by atoms with Crippen LogP contribution < -0.4 is 25.5 Å². The highest BCUT2D eigenvalue weighted by molar-refractivity contribution is 5.97. The number of nitrogens with zero attached hydrogens (tertiary/aromatic N) is 3. The number of fused-ring (bicyclic) bond motifs is 1. The Morgan fingerprint density at radius 2 is 1.76 bits per heavy atom. The summed E-state index contributed by atoms with van der Waals surface area (Å²) >= 11 is 0. The normalized spacial score (nSPS) is 10.6. The van der Waals surface area contributed by atoms with Gasteiger partial charge in [0.15, 0.2) is 5.65 Å². The predicted octanol–water partition coefficient (Wildman–Crippen LogP) is 2.77. The second-order valence-corrected chi connectivity index (χ2v) is 7.16. The molecule has 0 radical (unpaired) electrons. The second-order valence-electron chi connectivity index (χ2n) is 7.16. The molecule has 33 heavy (non-hydrogen) atoms. The first-order valence-electron chi connectivity index (χ1n) is 10.2. The van der Waals surface area contributed by atoms with Gasteiger partial charge in [-0.3, -0.25) is 9.59 Å². The van der Waals surface area contributed by atoms with Crippen LogP contribution in [-0.2, 0) is 6.54 Å². The molecular formula is C24H23N5O4. The van der Waals surface area contributed by atoms with Gasteiger partial charge in [0.2, 0.25) is 11.4 Å². The van der Waals surface area contributed by atoms with Crippen LogP contribution in [0.1, 0.15) is 15.9 Å². The average molecular weight is 445 g/mol. The van der Waals surface area contributed by atoms with Crippen molar-refractivity contribution in [2.75, 3.05) is 26.6 Å². The Hall–Kier alpha value is -4.40. The number of pyridine rings is 1. The molecule has 0 aliphatic heterocycles. The van der Waals surface area contributed by atoms with Gasteiger partial charge in [-0.2, -0.15) is 4.98 Å². The minimum absolute atomic E-state index is 0.0154. The number of benzene rings is 2. The number of para-hydroxylation sites is 1. The van der Waals surface area contributed by atoms with E-state index in [1.54, 1.807) is 24.9 Å². The van der Waals surface area contributed by atoms with Crippen LogP contribution in [0.5, 0.6) is 11.5 Å². The van der Waals surface area contributed by atoms with Crippen LogP contribution in [-0.4, -0.2) is 41.7 Å². The van der Waals surface area contributed by atoms with Crippen LogP contribution in [0.4, 0.5) is 5.95 Å². The quantitative estimate of drug-likeness (QED) is 0.450. The van der Waals surface area contributed by atoms with Crippen molar-refractivity contribution >= 4 is 22.9 Å². The Balaban J connectivity index is 1.77.